The standard InChI is InChI=1S/C25H22N4O3S/c1-17-12-18(28-10-8-27-16-28)5-6-20(17)21-13-23-22(14-24(33-23)25(30)31)29(21)9-3-11-32-19-4-2-7-26-15-19/h2,4-8,10,12-16H,3,9,11H2,1H3,(H,30,31). The fraction of sp³-hybridized carbons (Fsp3) is 0.160. The van der Waals surface area contributed by atoms with Crippen LogP contribution >= 0.6 is 11.3 Å². The van der Waals surface area contributed by atoms with Crippen molar-refractivity contribution < 1.29 is 14.6 Å². The van der Waals surface area contributed by atoms with Crippen LogP contribution in [0.5, 0.6) is 5.75 Å². The first kappa shape index (κ1) is 21.0. The zero-order chi connectivity index (χ0) is 22.8. The maximum absolute atomic E-state index is 11.5. The molecule has 0 aliphatic rings. The topological polar surface area (TPSA) is 82.2 Å². The first-order valence-electron chi connectivity index (χ1n) is 10.6. The second-order valence-electron chi connectivity index (χ2n) is 7.71. The molecule has 0 spiro atoms. The Morgan fingerprint density at radius 1 is 1.15 bits per heavy atom. The molecule has 0 aliphatic carbocycles. The second kappa shape index (κ2) is 8.91. The molecule has 0 aliphatic heterocycles. The van der Waals surface area contributed by atoms with Crippen molar-refractivity contribution in [3.05, 3.63) is 84.0 Å². The van der Waals surface area contributed by atoms with Gasteiger partial charge in [-0.25, -0.2) is 9.78 Å². The van der Waals surface area contributed by atoms with E-state index in [1.165, 1.54) is 11.3 Å². The molecule has 0 saturated heterocycles. The molecule has 0 saturated carbocycles. The van der Waals surface area contributed by atoms with Gasteiger partial charge in [0.25, 0.3) is 0 Å². The molecule has 166 valence electrons. The number of ether oxygens (including phenoxy) is 1. The van der Waals surface area contributed by atoms with Crippen molar-refractivity contribution in [3.8, 4) is 22.7 Å². The van der Waals surface area contributed by atoms with Gasteiger partial charge in [0.05, 0.1) is 35.0 Å². The summed E-state index contributed by atoms with van der Waals surface area (Å²) in [5, 5.41) is 9.45. The molecule has 5 aromatic rings. The molecule has 0 atom stereocenters. The second-order valence-corrected chi connectivity index (χ2v) is 8.79. The summed E-state index contributed by atoms with van der Waals surface area (Å²) in [6, 6.07) is 13.9. The summed E-state index contributed by atoms with van der Waals surface area (Å²) in [6.07, 6.45) is 9.65. The van der Waals surface area contributed by atoms with Crippen LogP contribution in [0.1, 0.15) is 21.7 Å². The number of hydrogen-bond donors (Lipinski definition) is 1. The predicted octanol–water partition coefficient (Wildman–Crippen LogP) is 5.43. The van der Waals surface area contributed by atoms with E-state index >= 15 is 0 Å². The fourth-order valence-electron chi connectivity index (χ4n) is 3.96. The Morgan fingerprint density at radius 2 is 2.06 bits per heavy atom. The average molecular weight is 459 g/mol. The third kappa shape index (κ3) is 4.25. The number of imidazole rings is 1. The molecule has 4 aromatic heterocycles. The lowest BCUT2D eigenvalue weighted by molar-refractivity contribution is 0.0702. The quantitative estimate of drug-likeness (QED) is 0.314. The Bertz CT molecular complexity index is 1400. The van der Waals surface area contributed by atoms with Crippen molar-refractivity contribution in [2.75, 3.05) is 6.61 Å². The maximum atomic E-state index is 11.5. The molecule has 1 N–H and O–H groups in total. The number of thiophene rings is 1. The summed E-state index contributed by atoms with van der Waals surface area (Å²) in [5.74, 6) is -0.157. The van der Waals surface area contributed by atoms with Gasteiger partial charge in [-0.1, -0.05) is 6.07 Å². The largest absolute Gasteiger partial charge is 0.492 e. The summed E-state index contributed by atoms with van der Waals surface area (Å²) in [7, 11) is 0. The van der Waals surface area contributed by atoms with Gasteiger partial charge in [-0.15, -0.1) is 11.3 Å². The lowest BCUT2D eigenvalue weighted by atomic mass is 10.0. The highest BCUT2D eigenvalue weighted by Crippen LogP contribution is 2.36. The van der Waals surface area contributed by atoms with Crippen LogP contribution in [0.15, 0.2) is 73.6 Å². The van der Waals surface area contributed by atoms with Crippen LogP contribution in [0, 0.1) is 6.92 Å². The first-order valence-corrected chi connectivity index (χ1v) is 11.4. The van der Waals surface area contributed by atoms with Crippen LogP contribution < -0.4 is 4.74 Å². The number of carbonyl (C=O) groups is 1. The molecule has 5 rings (SSSR count). The van der Waals surface area contributed by atoms with E-state index in [-0.39, 0.29) is 0 Å². The molecule has 1 aromatic carbocycles. The summed E-state index contributed by atoms with van der Waals surface area (Å²) < 4.78 is 11.0. The summed E-state index contributed by atoms with van der Waals surface area (Å²) in [6.45, 7) is 3.34. The van der Waals surface area contributed by atoms with E-state index in [1.54, 1.807) is 31.0 Å². The highest BCUT2D eigenvalue weighted by molar-refractivity contribution is 7.20. The highest BCUT2D eigenvalue weighted by atomic mass is 32.1. The number of aryl methyl sites for hydroxylation is 2. The van der Waals surface area contributed by atoms with Crippen LogP contribution in [0.25, 0.3) is 27.2 Å². The number of benzene rings is 1. The van der Waals surface area contributed by atoms with Gasteiger partial charge in [0.2, 0.25) is 0 Å². The van der Waals surface area contributed by atoms with Crippen molar-refractivity contribution >= 4 is 27.5 Å². The number of rotatable bonds is 8. The maximum Gasteiger partial charge on any atom is 0.345 e. The summed E-state index contributed by atoms with van der Waals surface area (Å²) >= 11 is 1.31. The zero-order valence-corrected chi connectivity index (χ0v) is 18.8. The molecular formula is C25H22N4O3S. The Balaban J connectivity index is 1.46. The zero-order valence-electron chi connectivity index (χ0n) is 18.0. The van der Waals surface area contributed by atoms with Crippen LogP contribution in [0.3, 0.4) is 0 Å². The fourth-order valence-corrected chi connectivity index (χ4v) is 4.90. The van der Waals surface area contributed by atoms with E-state index in [0.717, 1.165) is 44.9 Å². The molecule has 33 heavy (non-hydrogen) atoms. The van der Waals surface area contributed by atoms with Gasteiger partial charge >= 0.3 is 5.97 Å². The minimum Gasteiger partial charge on any atom is -0.492 e. The van der Waals surface area contributed by atoms with E-state index in [0.29, 0.717) is 18.0 Å². The minimum absolute atomic E-state index is 0.346. The Kier molecular flexibility index (Phi) is 5.66. The minimum atomic E-state index is -0.898. The van der Waals surface area contributed by atoms with Gasteiger partial charge in [-0.05, 0) is 55.3 Å². The van der Waals surface area contributed by atoms with Gasteiger partial charge in [0.15, 0.2) is 0 Å². The molecule has 0 unspecified atom stereocenters. The van der Waals surface area contributed by atoms with E-state index in [4.69, 9.17) is 4.74 Å². The third-order valence-electron chi connectivity index (χ3n) is 5.52. The average Bonchev–Trinajstić information content (AvgIpc) is 3.55. The van der Waals surface area contributed by atoms with Crippen LogP contribution in [0.4, 0.5) is 0 Å². The number of aromatic carboxylic acids is 1. The lowest BCUT2D eigenvalue weighted by Crippen LogP contribution is -2.06. The van der Waals surface area contributed by atoms with Gasteiger partial charge in [-0.2, -0.15) is 0 Å². The first-order chi connectivity index (χ1) is 16.1. The monoisotopic (exact) mass is 458 g/mol. The van der Waals surface area contributed by atoms with Gasteiger partial charge < -0.3 is 19.0 Å². The number of nitrogens with zero attached hydrogens (tertiary/aromatic N) is 4. The molecule has 0 fully saturated rings. The summed E-state index contributed by atoms with van der Waals surface area (Å²) in [4.78, 5) is 20.1. The highest BCUT2D eigenvalue weighted by Gasteiger charge is 2.18. The molecule has 0 bridgehead atoms. The molecule has 8 heteroatoms. The number of aromatic nitrogens is 4. The van der Waals surface area contributed by atoms with Crippen molar-refractivity contribution in [3.63, 3.8) is 0 Å². The molecular weight excluding hydrogens is 436 g/mol. The van der Waals surface area contributed by atoms with Gasteiger partial charge in [-0.3, -0.25) is 4.98 Å². The normalized spacial score (nSPS) is 11.2. The van der Waals surface area contributed by atoms with Gasteiger partial charge in [0.1, 0.15) is 10.6 Å². The number of pyridine rings is 1. The Hall–Kier alpha value is -3.91. The number of fused-ring (bicyclic) bond motifs is 1. The van der Waals surface area contributed by atoms with Crippen LogP contribution in [-0.2, 0) is 6.54 Å². The summed E-state index contributed by atoms with van der Waals surface area (Å²) in [5.41, 5.74) is 5.31. The molecule has 7 nitrogen and oxygen atoms in total. The number of carboxylic acid groups (broad SMARTS) is 1. The van der Waals surface area contributed by atoms with Gasteiger partial charge in [0, 0.05) is 36.4 Å². The molecule has 4 heterocycles. The van der Waals surface area contributed by atoms with E-state index < -0.39 is 5.97 Å². The number of carboxylic acids is 1. The van der Waals surface area contributed by atoms with Crippen molar-refractivity contribution in [2.24, 2.45) is 0 Å². The predicted molar refractivity (Wildman–Crippen MR) is 128 cm³/mol. The van der Waals surface area contributed by atoms with Crippen LogP contribution in [-0.4, -0.2) is 36.8 Å². The van der Waals surface area contributed by atoms with Crippen molar-refractivity contribution in [1.29, 1.82) is 0 Å². The van der Waals surface area contributed by atoms with E-state index in [1.807, 2.05) is 22.9 Å². The van der Waals surface area contributed by atoms with E-state index in [2.05, 4.69) is 45.7 Å². The van der Waals surface area contributed by atoms with Crippen molar-refractivity contribution in [1.82, 2.24) is 19.1 Å². The Morgan fingerprint density at radius 3 is 2.79 bits per heavy atom. The number of hydrogen-bond acceptors (Lipinski definition) is 5. The van der Waals surface area contributed by atoms with E-state index in [9.17, 15) is 9.90 Å². The Labute approximate surface area is 194 Å². The lowest BCUT2D eigenvalue weighted by Gasteiger charge is -2.14. The molecule has 0 radical (unpaired) electrons. The van der Waals surface area contributed by atoms with Crippen molar-refractivity contribution in [2.45, 2.75) is 19.9 Å². The smallest absolute Gasteiger partial charge is 0.345 e. The van der Waals surface area contributed by atoms with Crippen LogP contribution in [0.2, 0.25) is 0 Å². The molecule has 0 amide bonds. The SMILES string of the molecule is Cc1cc(-n2ccnc2)ccc1-c1cc2sc(C(=O)O)cc2n1CCCOc1cccnc1. The third-order valence-corrected chi connectivity index (χ3v) is 6.58.